The monoisotopic (exact) mass is 283 g/mol. The number of nitrogens with one attached hydrogen (secondary N) is 1. The van der Waals surface area contributed by atoms with Crippen LogP contribution >= 0.6 is 0 Å². The van der Waals surface area contributed by atoms with E-state index in [9.17, 15) is 8.42 Å². The Kier molecular flexibility index (Phi) is 4.60. The van der Waals surface area contributed by atoms with E-state index < -0.39 is 10.0 Å². The number of aliphatic hydroxyl groups excluding tert-OH is 1. The fourth-order valence-corrected chi connectivity index (χ4v) is 3.44. The maximum Gasteiger partial charge on any atom is 0.240 e. The SMILES string of the molecule is CC(NS(=O)(=O)c1ccc(CCCO)cc1)C1CC1. The summed E-state index contributed by atoms with van der Waals surface area (Å²) < 4.78 is 27.0. The van der Waals surface area contributed by atoms with Crippen LogP contribution < -0.4 is 4.72 Å². The van der Waals surface area contributed by atoms with Crippen molar-refractivity contribution < 1.29 is 13.5 Å². The highest BCUT2D eigenvalue weighted by Gasteiger charge is 2.31. The van der Waals surface area contributed by atoms with Crippen molar-refractivity contribution in [3.63, 3.8) is 0 Å². The number of benzene rings is 1. The predicted molar refractivity (Wildman–Crippen MR) is 74.4 cm³/mol. The molecule has 1 aromatic carbocycles. The van der Waals surface area contributed by atoms with Crippen molar-refractivity contribution in [2.45, 2.75) is 43.5 Å². The van der Waals surface area contributed by atoms with Crippen molar-refractivity contribution >= 4 is 10.0 Å². The summed E-state index contributed by atoms with van der Waals surface area (Å²) >= 11 is 0. The first-order chi connectivity index (χ1) is 9.03. The van der Waals surface area contributed by atoms with Crippen molar-refractivity contribution in [2.75, 3.05) is 6.61 Å². The molecule has 0 saturated heterocycles. The normalized spacial score (nSPS) is 17.4. The molecule has 0 spiro atoms. The summed E-state index contributed by atoms with van der Waals surface area (Å²) in [7, 11) is -3.40. The second-order valence-corrected chi connectivity index (χ2v) is 6.93. The second-order valence-electron chi connectivity index (χ2n) is 5.22. The highest BCUT2D eigenvalue weighted by Crippen LogP contribution is 2.33. The third-order valence-corrected chi connectivity index (χ3v) is 5.10. The average molecular weight is 283 g/mol. The van der Waals surface area contributed by atoms with Gasteiger partial charge in [-0.05, 0) is 56.2 Å². The van der Waals surface area contributed by atoms with Crippen LogP contribution in [0.3, 0.4) is 0 Å². The van der Waals surface area contributed by atoms with Crippen LogP contribution in [0.1, 0.15) is 31.7 Å². The van der Waals surface area contributed by atoms with Crippen LogP contribution in [-0.4, -0.2) is 26.2 Å². The maximum atomic E-state index is 12.1. The predicted octanol–water partition coefficient (Wildman–Crippen LogP) is 1.69. The summed E-state index contributed by atoms with van der Waals surface area (Å²) in [5.41, 5.74) is 1.04. The van der Waals surface area contributed by atoms with E-state index in [4.69, 9.17) is 5.11 Å². The molecule has 1 aromatic rings. The lowest BCUT2D eigenvalue weighted by molar-refractivity contribution is 0.288. The second kappa shape index (κ2) is 6.03. The summed E-state index contributed by atoms with van der Waals surface area (Å²) in [6.45, 7) is 2.07. The number of aryl methyl sites for hydroxylation is 1. The van der Waals surface area contributed by atoms with E-state index in [2.05, 4.69) is 4.72 Å². The van der Waals surface area contributed by atoms with Gasteiger partial charge in [0.15, 0.2) is 0 Å². The zero-order valence-corrected chi connectivity index (χ0v) is 12.0. The Morgan fingerprint density at radius 2 is 1.95 bits per heavy atom. The first kappa shape index (κ1) is 14.5. The highest BCUT2D eigenvalue weighted by molar-refractivity contribution is 7.89. The fourth-order valence-electron chi connectivity index (χ4n) is 2.12. The molecule has 0 radical (unpaired) electrons. The summed E-state index contributed by atoms with van der Waals surface area (Å²) in [5.74, 6) is 0.499. The van der Waals surface area contributed by atoms with Crippen LogP contribution in [0.4, 0.5) is 0 Å². The highest BCUT2D eigenvalue weighted by atomic mass is 32.2. The Morgan fingerprint density at radius 3 is 2.47 bits per heavy atom. The Morgan fingerprint density at radius 1 is 1.32 bits per heavy atom. The lowest BCUT2D eigenvalue weighted by atomic mass is 10.1. The van der Waals surface area contributed by atoms with Crippen molar-refractivity contribution in [1.29, 1.82) is 0 Å². The molecule has 0 aromatic heterocycles. The summed E-state index contributed by atoms with van der Waals surface area (Å²) in [6, 6.07) is 6.90. The van der Waals surface area contributed by atoms with Gasteiger partial charge in [0.05, 0.1) is 4.90 Å². The van der Waals surface area contributed by atoms with E-state index in [0.717, 1.165) is 24.8 Å². The minimum absolute atomic E-state index is 0.0130. The Hall–Kier alpha value is -0.910. The molecular weight excluding hydrogens is 262 g/mol. The summed E-state index contributed by atoms with van der Waals surface area (Å²) in [5, 5.41) is 8.76. The van der Waals surface area contributed by atoms with Gasteiger partial charge in [0.1, 0.15) is 0 Å². The van der Waals surface area contributed by atoms with Crippen molar-refractivity contribution in [1.82, 2.24) is 4.72 Å². The van der Waals surface area contributed by atoms with Crippen molar-refractivity contribution in [3.8, 4) is 0 Å². The molecule has 19 heavy (non-hydrogen) atoms. The first-order valence-corrected chi connectivity index (χ1v) is 8.23. The van der Waals surface area contributed by atoms with Crippen LogP contribution in [0.5, 0.6) is 0 Å². The lowest BCUT2D eigenvalue weighted by Gasteiger charge is -2.13. The molecular formula is C14H21NO3S. The van der Waals surface area contributed by atoms with Gasteiger partial charge in [-0.2, -0.15) is 0 Å². The maximum absolute atomic E-state index is 12.1. The molecule has 1 aliphatic rings. The third kappa shape index (κ3) is 4.03. The zero-order chi connectivity index (χ0) is 13.9. The molecule has 1 aliphatic carbocycles. The largest absolute Gasteiger partial charge is 0.396 e. The van der Waals surface area contributed by atoms with Gasteiger partial charge in [0, 0.05) is 12.6 Å². The number of hydrogen-bond acceptors (Lipinski definition) is 3. The molecule has 0 bridgehead atoms. The van der Waals surface area contributed by atoms with Gasteiger partial charge in [-0.3, -0.25) is 0 Å². The number of sulfonamides is 1. The molecule has 106 valence electrons. The lowest BCUT2D eigenvalue weighted by Crippen LogP contribution is -2.33. The molecule has 0 heterocycles. The molecule has 1 saturated carbocycles. The van der Waals surface area contributed by atoms with E-state index in [0.29, 0.717) is 17.2 Å². The minimum atomic E-state index is -3.40. The van der Waals surface area contributed by atoms with Crippen LogP contribution in [0.2, 0.25) is 0 Å². The van der Waals surface area contributed by atoms with Crippen LogP contribution in [-0.2, 0) is 16.4 Å². The quantitative estimate of drug-likeness (QED) is 0.800. The van der Waals surface area contributed by atoms with Crippen LogP contribution in [0.15, 0.2) is 29.2 Å². The molecule has 1 fully saturated rings. The van der Waals surface area contributed by atoms with Gasteiger partial charge in [-0.15, -0.1) is 0 Å². The Labute approximate surface area is 114 Å². The summed E-state index contributed by atoms with van der Waals surface area (Å²) in [4.78, 5) is 0.313. The molecule has 5 heteroatoms. The van der Waals surface area contributed by atoms with E-state index in [1.807, 2.05) is 19.1 Å². The van der Waals surface area contributed by atoms with Gasteiger partial charge >= 0.3 is 0 Å². The van der Waals surface area contributed by atoms with Crippen LogP contribution in [0.25, 0.3) is 0 Å². The zero-order valence-electron chi connectivity index (χ0n) is 11.2. The van der Waals surface area contributed by atoms with Gasteiger partial charge in [0.2, 0.25) is 10.0 Å². The summed E-state index contributed by atoms with van der Waals surface area (Å²) in [6.07, 6.45) is 3.69. The minimum Gasteiger partial charge on any atom is -0.396 e. The average Bonchev–Trinajstić information content (AvgIpc) is 3.20. The van der Waals surface area contributed by atoms with Crippen molar-refractivity contribution in [2.24, 2.45) is 5.92 Å². The molecule has 4 nitrogen and oxygen atoms in total. The molecule has 1 unspecified atom stereocenters. The van der Waals surface area contributed by atoms with E-state index >= 15 is 0 Å². The smallest absolute Gasteiger partial charge is 0.240 e. The molecule has 2 N–H and O–H groups in total. The fraction of sp³-hybridized carbons (Fsp3) is 0.571. The molecule has 2 rings (SSSR count). The molecule has 0 amide bonds. The van der Waals surface area contributed by atoms with Gasteiger partial charge in [-0.25, -0.2) is 13.1 Å². The van der Waals surface area contributed by atoms with Crippen molar-refractivity contribution in [3.05, 3.63) is 29.8 Å². The third-order valence-electron chi connectivity index (χ3n) is 3.53. The van der Waals surface area contributed by atoms with Crippen LogP contribution in [0, 0.1) is 5.92 Å². The number of rotatable bonds is 7. The van der Waals surface area contributed by atoms with E-state index in [-0.39, 0.29) is 12.6 Å². The molecule has 0 aliphatic heterocycles. The number of aliphatic hydroxyl groups is 1. The topological polar surface area (TPSA) is 66.4 Å². The van der Waals surface area contributed by atoms with Gasteiger partial charge < -0.3 is 5.11 Å². The first-order valence-electron chi connectivity index (χ1n) is 6.75. The van der Waals surface area contributed by atoms with E-state index in [1.165, 1.54) is 0 Å². The van der Waals surface area contributed by atoms with E-state index in [1.54, 1.807) is 12.1 Å². The number of hydrogen-bond donors (Lipinski definition) is 2. The van der Waals surface area contributed by atoms with Gasteiger partial charge in [-0.1, -0.05) is 12.1 Å². The Balaban J connectivity index is 2.03. The standard InChI is InChI=1S/C14H21NO3S/c1-11(13-6-7-13)15-19(17,18)14-8-4-12(5-9-14)3-2-10-16/h4-5,8-9,11,13,15-16H,2-3,6-7,10H2,1H3. The van der Waals surface area contributed by atoms with Gasteiger partial charge in [0.25, 0.3) is 0 Å². The molecule has 1 atom stereocenters. The Bertz CT molecular complexity index is 506.